The van der Waals surface area contributed by atoms with E-state index < -0.39 is 11.6 Å². The van der Waals surface area contributed by atoms with Crippen molar-refractivity contribution in [2.45, 2.75) is 50.2 Å². The Hall–Kier alpha value is -3.94. The van der Waals surface area contributed by atoms with E-state index in [1.165, 1.54) is 25.1 Å². The van der Waals surface area contributed by atoms with Crippen LogP contribution in [0.3, 0.4) is 0 Å². The van der Waals surface area contributed by atoms with Gasteiger partial charge in [-0.25, -0.2) is 13.8 Å². The molecule has 1 aromatic carbocycles. The van der Waals surface area contributed by atoms with Crippen molar-refractivity contribution in [2.24, 2.45) is 0 Å². The maximum atomic E-state index is 16.7. The lowest BCUT2D eigenvalue weighted by Crippen LogP contribution is -2.52. The molecule has 0 aliphatic carbocycles. The average molecular weight is 569 g/mol. The molecule has 7 rings (SSSR count). The summed E-state index contributed by atoms with van der Waals surface area (Å²) in [6.45, 7) is 3.32. The molecule has 0 saturated carbocycles. The first-order chi connectivity index (χ1) is 20.4. The fourth-order valence-electron chi connectivity index (χ4n) is 6.99. The third-order valence-corrected chi connectivity index (χ3v) is 9.32. The number of pyridine rings is 2. The Bertz CT molecular complexity index is 1700. The van der Waals surface area contributed by atoms with Crippen molar-refractivity contribution in [3.63, 3.8) is 0 Å². The van der Waals surface area contributed by atoms with Gasteiger partial charge >= 0.3 is 0 Å². The lowest BCUT2D eigenvalue weighted by Gasteiger charge is -2.39. The first kappa shape index (κ1) is 26.9. The number of likely N-dealkylation sites (N-methyl/N-ethyl adjacent to an activating group) is 2. The standard InChI is InChI=1S/C32H34F2N8/c1-4-23-26(33)11-8-19-13-35-14-24(27(19)23)29-28(34)30-25(15-37-29)31(40(2)16-20-7-5-6-12-36-20)39-32(38-30)42-17-21-9-10-22(18-42)41(21)3/h1,8,11,13-15,20-22,36H,5-7,9-10,12,16-18H2,2-3H3/t20-,21?,22?/m1/s1. The third-order valence-electron chi connectivity index (χ3n) is 9.32. The largest absolute Gasteiger partial charge is 0.357 e. The van der Waals surface area contributed by atoms with E-state index in [0.717, 1.165) is 45.4 Å². The highest BCUT2D eigenvalue weighted by Gasteiger charge is 2.38. The van der Waals surface area contributed by atoms with Crippen molar-refractivity contribution in [2.75, 3.05) is 50.1 Å². The minimum absolute atomic E-state index is 0.0355. The lowest BCUT2D eigenvalue weighted by molar-refractivity contribution is 0.211. The Morgan fingerprint density at radius 1 is 1.07 bits per heavy atom. The zero-order chi connectivity index (χ0) is 29.0. The van der Waals surface area contributed by atoms with Gasteiger partial charge < -0.3 is 15.1 Å². The molecule has 2 bridgehead atoms. The minimum Gasteiger partial charge on any atom is -0.357 e. The summed E-state index contributed by atoms with van der Waals surface area (Å²) in [4.78, 5) is 25.5. The van der Waals surface area contributed by atoms with Crippen LogP contribution in [0.25, 0.3) is 32.9 Å². The molecular weight excluding hydrogens is 534 g/mol. The summed E-state index contributed by atoms with van der Waals surface area (Å²) in [6, 6.07) is 4.07. The van der Waals surface area contributed by atoms with Gasteiger partial charge in [0.2, 0.25) is 5.95 Å². The molecule has 3 saturated heterocycles. The first-order valence-electron chi connectivity index (χ1n) is 14.7. The normalized spacial score (nSPS) is 22.5. The summed E-state index contributed by atoms with van der Waals surface area (Å²) < 4.78 is 31.5. The highest BCUT2D eigenvalue weighted by molar-refractivity contribution is 6.01. The van der Waals surface area contributed by atoms with Gasteiger partial charge in [-0.2, -0.15) is 4.98 Å². The number of rotatable bonds is 5. The number of benzene rings is 1. The molecular formula is C32H34F2N8. The highest BCUT2D eigenvalue weighted by Crippen LogP contribution is 2.37. The van der Waals surface area contributed by atoms with Crippen LogP contribution in [0.1, 0.15) is 37.7 Å². The van der Waals surface area contributed by atoms with Gasteiger partial charge in [0.05, 0.1) is 10.9 Å². The monoisotopic (exact) mass is 568 g/mol. The Kier molecular flexibility index (Phi) is 6.87. The van der Waals surface area contributed by atoms with E-state index >= 15 is 4.39 Å². The van der Waals surface area contributed by atoms with Crippen LogP contribution in [0.4, 0.5) is 20.5 Å². The zero-order valence-electron chi connectivity index (χ0n) is 23.9. The van der Waals surface area contributed by atoms with Gasteiger partial charge in [-0.15, -0.1) is 6.42 Å². The van der Waals surface area contributed by atoms with E-state index in [4.69, 9.17) is 16.4 Å². The summed E-state index contributed by atoms with van der Waals surface area (Å²) in [6.07, 6.45) is 16.1. The zero-order valence-corrected chi connectivity index (χ0v) is 23.9. The van der Waals surface area contributed by atoms with Gasteiger partial charge in [-0.3, -0.25) is 14.9 Å². The molecule has 1 N–H and O–H groups in total. The van der Waals surface area contributed by atoms with Crippen LogP contribution in [0.5, 0.6) is 0 Å². The second kappa shape index (κ2) is 10.7. The van der Waals surface area contributed by atoms with Crippen molar-refractivity contribution >= 4 is 33.4 Å². The number of piperidine rings is 1. The quantitative estimate of drug-likeness (QED) is 0.356. The molecule has 3 aliphatic heterocycles. The Balaban J connectivity index is 1.39. The summed E-state index contributed by atoms with van der Waals surface area (Å²) in [5.41, 5.74) is 0.611. The molecule has 2 unspecified atom stereocenters. The molecule has 216 valence electrons. The number of anilines is 2. The number of aromatic nitrogens is 4. The van der Waals surface area contributed by atoms with Crippen LogP contribution in [0, 0.1) is 24.0 Å². The van der Waals surface area contributed by atoms with Crippen molar-refractivity contribution in [3.8, 4) is 23.6 Å². The third kappa shape index (κ3) is 4.52. The lowest BCUT2D eigenvalue weighted by atomic mass is 9.98. The fraction of sp³-hybridized carbons (Fsp3) is 0.438. The molecule has 6 heterocycles. The van der Waals surface area contributed by atoms with Crippen LogP contribution in [0.2, 0.25) is 0 Å². The number of nitrogens with one attached hydrogen (secondary N) is 1. The van der Waals surface area contributed by atoms with Crippen molar-refractivity contribution in [3.05, 3.63) is 47.9 Å². The molecule has 4 aromatic rings. The van der Waals surface area contributed by atoms with Crippen LogP contribution >= 0.6 is 0 Å². The summed E-state index contributed by atoms with van der Waals surface area (Å²) in [7, 11) is 4.18. The number of halogens is 2. The van der Waals surface area contributed by atoms with Gasteiger partial charge in [-0.05, 0) is 51.4 Å². The molecule has 10 heteroatoms. The molecule has 3 atom stereocenters. The van der Waals surface area contributed by atoms with Gasteiger partial charge in [0.15, 0.2) is 5.82 Å². The first-order valence-corrected chi connectivity index (χ1v) is 14.7. The molecule has 42 heavy (non-hydrogen) atoms. The van der Waals surface area contributed by atoms with Crippen LogP contribution < -0.4 is 15.1 Å². The predicted molar refractivity (Wildman–Crippen MR) is 162 cm³/mol. The summed E-state index contributed by atoms with van der Waals surface area (Å²) in [5, 5.41) is 5.15. The van der Waals surface area contributed by atoms with E-state index in [9.17, 15) is 4.39 Å². The van der Waals surface area contributed by atoms with Crippen LogP contribution in [-0.2, 0) is 0 Å². The van der Waals surface area contributed by atoms with E-state index in [2.05, 4.69) is 43.0 Å². The minimum atomic E-state index is -0.597. The van der Waals surface area contributed by atoms with Gasteiger partial charge in [0.1, 0.15) is 22.8 Å². The van der Waals surface area contributed by atoms with E-state index in [1.807, 2.05) is 7.05 Å². The van der Waals surface area contributed by atoms with E-state index in [-0.39, 0.29) is 16.8 Å². The number of nitrogens with zero attached hydrogens (tertiary/aromatic N) is 7. The Labute approximate surface area is 244 Å². The molecule has 8 nitrogen and oxygen atoms in total. The number of hydrogen-bond acceptors (Lipinski definition) is 8. The predicted octanol–water partition coefficient (Wildman–Crippen LogP) is 4.36. The van der Waals surface area contributed by atoms with E-state index in [1.54, 1.807) is 18.5 Å². The van der Waals surface area contributed by atoms with Gasteiger partial charge in [0, 0.05) is 79.7 Å². The SMILES string of the molecule is C#Cc1c(F)ccc2cncc(-c3ncc4c(N(C)C[C@H]5CCCCN5)nc(N5CC6CCC(C5)N6C)nc4c3F)c12. The number of piperazine rings is 1. The number of hydrogen-bond donors (Lipinski definition) is 1. The average Bonchev–Trinajstić information content (AvgIpc) is 3.20. The maximum absolute atomic E-state index is 16.7. The molecule has 0 amide bonds. The van der Waals surface area contributed by atoms with E-state index in [0.29, 0.717) is 51.6 Å². The molecule has 3 aromatic heterocycles. The van der Waals surface area contributed by atoms with Crippen molar-refractivity contribution in [1.82, 2.24) is 30.2 Å². The molecule has 0 spiro atoms. The van der Waals surface area contributed by atoms with Crippen LogP contribution in [-0.4, -0.2) is 83.2 Å². The fourth-order valence-corrected chi connectivity index (χ4v) is 6.99. The summed E-state index contributed by atoms with van der Waals surface area (Å²) >= 11 is 0. The highest BCUT2D eigenvalue weighted by atomic mass is 19.1. The summed E-state index contributed by atoms with van der Waals surface area (Å²) in [5.74, 6) is 2.46. The molecule has 3 fully saturated rings. The van der Waals surface area contributed by atoms with Crippen molar-refractivity contribution < 1.29 is 8.78 Å². The second-order valence-electron chi connectivity index (χ2n) is 11.9. The second-order valence-corrected chi connectivity index (χ2v) is 11.9. The van der Waals surface area contributed by atoms with Crippen LogP contribution in [0.15, 0.2) is 30.7 Å². The Morgan fingerprint density at radius 2 is 1.88 bits per heavy atom. The number of terminal acetylenes is 1. The smallest absolute Gasteiger partial charge is 0.228 e. The van der Waals surface area contributed by atoms with Crippen molar-refractivity contribution in [1.29, 1.82) is 0 Å². The Morgan fingerprint density at radius 3 is 2.62 bits per heavy atom. The van der Waals surface area contributed by atoms with Gasteiger partial charge in [-0.1, -0.05) is 12.3 Å². The maximum Gasteiger partial charge on any atom is 0.228 e. The topological polar surface area (TPSA) is 73.3 Å². The molecule has 3 aliphatic rings. The molecule has 0 radical (unpaired) electrons. The number of fused-ring (bicyclic) bond motifs is 4. The van der Waals surface area contributed by atoms with Gasteiger partial charge in [0.25, 0.3) is 0 Å².